The predicted molar refractivity (Wildman–Crippen MR) is 97.8 cm³/mol. The zero-order valence-electron chi connectivity index (χ0n) is 13.9. The first-order valence-corrected chi connectivity index (χ1v) is 8.11. The van der Waals surface area contributed by atoms with Crippen LogP contribution in [0.4, 0.5) is 0 Å². The number of amides is 1. The van der Waals surface area contributed by atoms with Crippen LogP contribution in [-0.4, -0.2) is 23.9 Å². The summed E-state index contributed by atoms with van der Waals surface area (Å²) in [5.41, 5.74) is 2.30. The molecule has 0 spiro atoms. The van der Waals surface area contributed by atoms with Crippen molar-refractivity contribution in [3.05, 3.63) is 71.8 Å². The maximum Gasteiger partial charge on any atom is 0.254 e. The fourth-order valence-electron chi connectivity index (χ4n) is 2.46. The number of nitrogens with zero attached hydrogens (tertiary/aromatic N) is 3. The van der Waals surface area contributed by atoms with E-state index in [-0.39, 0.29) is 18.7 Å². The molecule has 0 radical (unpaired) electrons. The van der Waals surface area contributed by atoms with Crippen LogP contribution in [0.2, 0.25) is 0 Å². The highest BCUT2D eigenvalue weighted by atomic mass is 16.2. The van der Waals surface area contributed by atoms with E-state index in [0.29, 0.717) is 18.7 Å². The molecule has 4 heteroatoms. The van der Waals surface area contributed by atoms with Crippen LogP contribution >= 0.6 is 0 Å². The number of hydrogen-bond donors (Lipinski definition) is 0. The Labute approximate surface area is 148 Å². The molecule has 0 aliphatic rings. The second kappa shape index (κ2) is 9.70. The van der Waals surface area contributed by atoms with Crippen molar-refractivity contribution >= 4 is 17.6 Å². The van der Waals surface area contributed by atoms with Gasteiger partial charge in [-0.3, -0.25) is 4.79 Å². The lowest BCUT2D eigenvalue weighted by molar-refractivity contribution is -0.124. The molecule has 124 valence electrons. The minimum Gasteiger partial charge on any atom is -0.337 e. The SMILES string of the molecule is N#CCCN(CCC#N)C(=O)C(=Cc1ccccc1)c1ccccc1. The molecule has 0 saturated carbocycles. The van der Waals surface area contributed by atoms with E-state index in [1.807, 2.05) is 66.7 Å². The molecule has 25 heavy (non-hydrogen) atoms. The van der Waals surface area contributed by atoms with Gasteiger partial charge in [0.05, 0.1) is 25.0 Å². The van der Waals surface area contributed by atoms with Crippen molar-refractivity contribution in [1.29, 1.82) is 10.5 Å². The minimum absolute atomic E-state index is 0.166. The zero-order valence-corrected chi connectivity index (χ0v) is 13.9. The molecule has 4 nitrogen and oxygen atoms in total. The normalized spacial score (nSPS) is 10.6. The first-order chi connectivity index (χ1) is 12.3. The number of hydrogen-bond acceptors (Lipinski definition) is 3. The quantitative estimate of drug-likeness (QED) is 0.572. The Morgan fingerprint density at radius 1 is 0.880 bits per heavy atom. The van der Waals surface area contributed by atoms with Crippen molar-refractivity contribution < 1.29 is 4.79 Å². The van der Waals surface area contributed by atoms with Crippen molar-refractivity contribution in [3.63, 3.8) is 0 Å². The average molecular weight is 329 g/mol. The molecular weight excluding hydrogens is 310 g/mol. The smallest absolute Gasteiger partial charge is 0.254 e. The van der Waals surface area contributed by atoms with Crippen LogP contribution in [0.15, 0.2) is 60.7 Å². The summed E-state index contributed by atoms with van der Waals surface area (Å²) in [5.74, 6) is -0.166. The summed E-state index contributed by atoms with van der Waals surface area (Å²) < 4.78 is 0. The maximum atomic E-state index is 13.1. The average Bonchev–Trinajstić information content (AvgIpc) is 2.67. The van der Waals surface area contributed by atoms with Crippen LogP contribution < -0.4 is 0 Å². The number of nitriles is 2. The molecule has 0 aliphatic heterocycles. The van der Waals surface area contributed by atoms with Gasteiger partial charge < -0.3 is 4.90 Å². The molecule has 0 N–H and O–H groups in total. The lowest BCUT2D eigenvalue weighted by Crippen LogP contribution is -2.33. The van der Waals surface area contributed by atoms with Crippen molar-refractivity contribution in [2.75, 3.05) is 13.1 Å². The van der Waals surface area contributed by atoms with E-state index >= 15 is 0 Å². The molecule has 0 aliphatic carbocycles. The molecule has 0 fully saturated rings. The van der Waals surface area contributed by atoms with Gasteiger partial charge in [-0.2, -0.15) is 10.5 Å². The summed E-state index contributed by atoms with van der Waals surface area (Å²) in [6.45, 7) is 0.631. The Morgan fingerprint density at radius 2 is 1.40 bits per heavy atom. The largest absolute Gasteiger partial charge is 0.337 e. The van der Waals surface area contributed by atoms with Gasteiger partial charge in [-0.25, -0.2) is 0 Å². The lowest BCUT2D eigenvalue weighted by Gasteiger charge is -2.22. The van der Waals surface area contributed by atoms with Gasteiger partial charge in [-0.05, 0) is 17.2 Å². The third-order valence-electron chi connectivity index (χ3n) is 3.70. The standard InChI is InChI=1S/C21H19N3O/c22-13-7-15-24(16-8-14-23)21(25)20(19-11-5-2-6-12-19)17-18-9-3-1-4-10-18/h1-6,9-12,17H,7-8,15-16H2. The van der Waals surface area contributed by atoms with Crippen molar-refractivity contribution in [1.82, 2.24) is 4.90 Å². The van der Waals surface area contributed by atoms with Crippen LogP contribution in [0.25, 0.3) is 11.6 Å². The lowest BCUT2D eigenvalue weighted by atomic mass is 10.0. The Morgan fingerprint density at radius 3 is 1.92 bits per heavy atom. The van der Waals surface area contributed by atoms with E-state index in [4.69, 9.17) is 10.5 Å². The summed E-state index contributed by atoms with van der Waals surface area (Å²) in [6, 6.07) is 23.2. The first-order valence-electron chi connectivity index (χ1n) is 8.11. The molecule has 0 aromatic heterocycles. The van der Waals surface area contributed by atoms with E-state index < -0.39 is 0 Å². The Bertz CT molecular complexity index is 781. The highest BCUT2D eigenvalue weighted by molar-refractivity contribution is 6.24. The van der Waals surface area contributed by atoms with Crippen LogP contribution in [0.3, 0.4) is 0 Å². The number of benzene rings is 2. The van der Waals surface area contributed by atoms with Crippen molar-refractivity contribution in [2.45, 2.75) is 12.8 Å². The summed E-state index contributed by atoms with van der Waals surface area (Å²) in [7, 11) is 0. The van der Waals surface area contributed by atoms with Gasteiger partial charge in [-0.1, -0.05) is 60.7 Å². The third-order valence-corrected chi connectivity index (χ3v) is 3.70. The molecule has 0 bridgehead atoms. The maximum absolute atomic E-state index is 13.1. The molecule has 0 saturated heterocycles. The van der Waals surface area contributed by atoms with Crippen molar-refractivity contribution in [2.24, 2.45) is 0 Å². The highest BCUT2D eigenvalue weighted by Gasteiger charge is 2.19. The molecule has 2 aromatic carbocycles. The van der Waals surface area contributed by atoms with Gasteiger partial charge in [0.2, 0.25) is 0 Å². The number of rotatable bonds is 7. The molecule has 0 heterocycles. The van der Waals surface area contributed by atoms with Gasteiger partial charge in [-0.15, -0.1) is 0 Å². The molecule has 1 amide bonds. The van der Waals surface area contributed by atoms with E-state index in [0.717, 1.165) is 11.1 Å². The van der Waals surface area contributed by atoms with E-state index in [2.05, 4.69) is 12.1 Å². The van der Waals surface area contributed by atoms with Crippen LogP contribution in [0, 0.1) is 22.7 Å². The van der Waals surface area contributed by atoms with Crippen LogP contribution in [-0.2, 0) is 4.79 Å². The Balaban J connectivity index is 2.40. The highest BCUT2D eigenvalue weighted by Crippen LogP contribution is 2.21. The summed E-state index contributed by atoms with van der Waals surface area (Å²) in [5, 5.41) is 17.7. The van der Waals surface area contributed by atoms with Gasteiger partial charge in [0.25, 0.3) is 5.91 Å². The summed E-state index contributed by atoms with van der Waals surface area (Å²) in [6.07, 6.45) is 2.33. The van der Waals surface area contributed by atoms with E-state index in [1.165, 1.54) is 0 Å². The number of carbonyl (C=O) groups is 1. The van der Waals surface area contributed by atoms with E-state index in [9.17, 15) is 4.79 Å². The second-order valence-electron chi connectivity index (χ2n) is 5.44. The third kappa shape index (κ3) is 5.34. The van der Waals surface area contributed by atoms with Crippen LogP contribution in [0.5, 0.6) is 0 Å². The topological polar surface area (TPSA) is 67.9 Å². The zero-order chi connectivity index (χ0) is 17.9. The monoisotopic (exact) mass is 329 g/mol. The van der Waals surface area contributed by atoms with Gasteiger partial charge in [0, 0.05) is 18.7 Å². The summed E-state index contributed by atoms with van der Waals surface area (Å²) in [4.78, 5) is 14.7. The molecule has 0 unspecified atom stereocenters. The predicted octanol–water partition coefficient (Wildman–Crippen LogP) is 3.88. The molecule has 0 atom stereocenters. The second-order valence-corrected chi connectivity index (χ2v) is 5.44. The van der Waals surface area contributed by atoms with Crippen LogP contribution in [0.1, 0.15) is 24.0 Å². The molecule has 2 rings (SSSR count). The fourth-order valence-corrected chi connectivity index (χ4v) is 2.46. The van der Waals surface area contributed by atoms with Crippen molar-refractivity contribution in [3.8, 4) is 12.1 Å². The first kappa shape index (κ1) is 18.0. The summed E-state index contributed by atoms with van der Waals surface area (Å²) >= 11 is 0. The van der Waals surface area contributed by atoms with Gasteiger partial charge >= 0.3 is 0 Å². The fraction of sp³-hybridized carbons (Fsp3) is 0.190. The molecular formula is C21H19N3O. The van der Waals surface area contributed by atoms with E-state index in [1.54, 1.807) is 4.90 Å². The molecule has 2 aromatic rings. The van der Waals surface area contributed by atoms with Gasteiger partial charge in [0.15, 0.2) is 0 Å². The Kier molecular flexibility index (Phi) is 6.97. The minimum atomic E-state index is -0.166. The van der Waals surface area contributed by atoms with Gasteiger partial charge in [0.1, 0.15) is 0 Å². The Hall–Kier alpha value is -3.37. The number of carbonyl (C=O) groups excluding carboxylic acids is 1.